The molecule has 17 heavy (non-hydrogen) atoms. The van der Waals surface area contributed by atoms with E-state index in [1.807, 2.05) is 0 Å². The first-order valence-corrected chi connectivity index (χ1v) is 4.86. The van der Waals surface area contributed by atoms with Gasteiger partial charge in [-0.1, -0.05) is 18.2 Å². The van der Waals surface area contributed by atoms with Crippen molar-refractivity contribution in [1.29, 1.82) is 0 Å². The van der Waals surface area contributed by atoms with E-state index < -0.39 is 11.7 Å². The number of hydrogen-bond donors (Lipinski definition) is 1. The Bertz CT molecular complexity index is 518. The molecule has 88 valence electrons. The van der Waals surface area contributed by atoms with E-state index in [0.29, 0.717) is 16.9 Å². The van der Waals surface area contributed by atoms with Gasteiger partial charge in [-0.15, -0.1) is 0 Å². The molecule has 0 aliphatic carbocycles. The first-order chi connectivity index (χ1) is 7.98. The maximum absolute atomic E-state index is 12.3. The Morgan fingerprint density at radius 1 is 1.00 bits per heavy atom. The van der Waals surface area contributed by atoms with E-state index in [2.05, 4.69) is 4.98 Å². The number of nitrogens with two attached hydrogens (primary N) is 1. The monoisotopic (exact) mass is 238 g/mol. The molecule has 1 heterocycles. The minimum Gasteiger partial charge on any atom is -0.398 e. The highest BCUT2D eigenvalue weighted by molar-refractivity contribution is 5.73. The number of rotatable bonds is 1. The van der Waals surface area contributed by atoms with Gasteiger partial charge in [0.05, 0.1) is 11.3 Å². The third kappa shape index (κ3) is 2.38. The molecular weight excluding hydrogens is 229 g/mol. The van der Waals surface area contributed by atoms with Gasteiger partial charge in [0.1, 0.15) is 0 Å². The van der Waals surface area contributed by atoms with Crippen LogP contribution in [0.1, 0.15) is 5.56 Å². The van der Waals surface area contributed by atoms with Crippen LogP contribution in [0.3, 0.4) is 0 Å². The zero-order valence-electron chi connectivity index (χ0n) is 8.70. The number of alkyl halides is 3. The second kappa shape index (κ2) is 4.08. The summed E-state index contributed by atoms with van der Waals surface area (Å²) in [6.07, 6.45) is -3.56. The van der Waals surface area contributed by atoms with Crippen molar-refractivity contribution >= 4 is 5.69 Å². The van der Waals surface area contributed by atoms with Gasteiger partial charge < -0.3 is 5.73 Å². The van der Waals surface area contributed by atoms with Crippen LogP contribution < -0.4 is 5.73 Å². The van der Waals surface area contributed by atoms with Gasteiger partial charge in [-0.25, -0.2) is 0 Å². The molecule has 0 atom stereocenters. The van der Waals surface area contributed by atoms with Crippen molar-refractivity contribution in [3.05, 3.63) is 48.2 Å². The van der Waals surface area contributed by atoms with Crippen LogP contribution in [-0.2, 0) is 6.18 Å². The first-order valence-electron chi connectivity index (χ1n) is 4.86. The fourth-order valence-electron chi connectivity index (χ4n) is 1.45. The van der Waals surface area contributed by atoms with E-state index >= 15 is 0 Å². The number of benzene rings is 1. The largest absolute Gasteiger partial charge is 0.417 e. The Morgan fingerprint density at radius 3 is 2.24 bits per heavy atom. The van der Waals surface area contributed by atoms with Crippen molar-refractivity contribution in [2.75, 3.05) is 5.73 Å². The van der Waals surface area contributed by atoms with Crippen LogP contribution in [-0.4, -0.2) is 4.98 Å². The number of nitrogen functional groups attached to an aromatic ring is 1. The van der Waals surface area contributed by atoms with E-state index in [0.717, 1.165) is 12.3 Å². The minimum absolute atomic E-state index is 0.427. The predicted molar refractivity (Wildman–Crippen MR) is 59.1 cm³/mol. The molecule has 0 unspecified atom stereocenters. The van der Waals surface area contributed by atoms with Gasteiger partial charge in [0.15, 0.2) is 0 Å². The summed E-state index contributed by atoms with van der Waals surface area (Å²) in [4.78, 5) is 3.78. The first kappa shape index (κ1) is 11.4. The normalized spacial score (nSPS) is 11.5. The van der Waals surface area contributed by atoms with Crippen molar-refractivity contribution in [1.82, 2.24) is 4.98 Å². The lowest BCUT2D eigenvalue weighted by molar-refractivity contribution is -0.137. The van der Waals surface area contributed by atoms with Crippen LogP contribution in [0.2, 0.25) is 0 Å². The molecule has 2 aromatic rings. The number of pyridine rings is 1. The van der Waals surface area contributed by atoms with Gasteiger partial charge in [0, 0.05) is 17.4 Å². The summed E-state index contributed by atoms with van der Waals surface area (Å²) in [5, 5.41) is 0. The second-order valence-electron chi connectivity index (χ2n) is 3.52. The zero-order chi connectivity index (χ0) is 12.5. The van der Waals surface area contributed by atoms with Gasteiger partial charge >= 0.3 is 6.18 Å². The molecule has 1 aromatic heterocycles. The SMILES string of the molecule is Nc1ccccc1-c1ccc(C(F)(F)F)cn1. The van der Waals surface area contributed by atoms with Crippen molar-refractivity contribution in [3.8, 4) is 11.3 Å². The lowest BCUT2D eigenvalue weighted by Crippen LogP contribution is -2.05. The third-order valence-corrected chi connectivity index (χ3v) is 2.33. The van der Waals surface area contributed by atoms with E-state index in [-0.39, 0.29) is 0 Å². The van der Waals surface area contributed by atoms with Crippen LogP contribution in [0.5, 0.6) is 0 Å². The van der Waals surface area contributed by atoms with Crippen LogP contribution >= 0.6 is 0 Å². The summed E-state index contributed by atoms with van der Waals surface area (Å²) in [6.45, 7) is 0. The Balaban J connectivity index is 2.40. The molecule has 0 fully saturated rings. The van der Waals surface area contributed by atoms with Gasteiger partial charge in [-0.05, 0) is 18.2 Å². The molecule has 0 bridgehead atoms. The summed E-state index contributed by atoms with van der Waals surface area (Å²) in [7, 11) is 0. The quantitative estimate of drug-likeness (QED) is 0.774. The Kier molecular flexibility index (Phi) is 2.75. The number of hydrogen-bond acceptors (Lipinski definition) is 2. The van der Waals surface area contributed by atoms with Crippen molar-refractivity contribution < 1.29 is 13.2 Å². The summed E-state index contributed by atoms with van der Waals surface area (Å²) in [5.41, 5.74) is 6.49. The topological polar surface area (TPSA) is 38.9 Å². The molecule has 0 aliphatic heterocycles. The molecule has 0 radical (unpaired) electrons. The van der Waals surface area contributed by atoms with Crippen LogP contribution in [0.15, 0.2) is 42.6 Å². The standard InChI is InChI=1S/C12H9F3N2/c13-12(14,15)8-5-6-11(17-7-8)9-3-1-2-4-10(9)16/h1-7H,16H2. The maximum atomic E-state index is 12.3. The molecule has 2 nitrogen and oxygen atoms in total. The number of aromatic nitrogens is 1. The minimum atomic E-state index is -4.37. The van der Waals surface area contributed by atoms with Crippen molar-refractivity contribution in [2.24, 2.45) is 0 Å². The highest BCUT2D eigenvalue weighted by Crippen LogP contribution is 2.30. The summed E-state index contributed by atoms with van der Waals surface area (Å²) >= 11 is 0. The van der Waals surface area contributed by atoms with Crippen LogP contribution in [0.25, 0.3) is 11.3 Å². The van der Waals surface area contributed by atoms with Crippen molar-refractivity contribution in [2.45, 2.75) is 6.18 Å². The molecular formula is C12H9F3N2. The van der Waals surface area contributed by atoms with E-state index in [4.69, 9.17) is 5.73 Å². The lowest BCUT2D eigenvalue weighted by Gasteiger charge is -2.08. The van der Waals surface area contributed by atoms with Crippen LogP contribution in [0.4, 0.5) is 18.9 Å². The fourth-order valence-corrected chi connectivity index (χ4v) is 1.45. The third-order valence-electron chi connectivity index (χ3n) is 2.33. The van der Waals surface area contributed by atoms with E-state index in [1.54, 1.807) is 24.3 Å². The molecule has 0 saturated heterocycles. The van der Waals surface area contributed by atoms with Gasteiger partial charge in [0.2, 0.25) is 0 Å². The molecule has 2 N–H and O–H groups in total. The fraction of sp³-hybridized carbons (Fsp3) is 0.0833. The molecule has 0 spiro atoms. The van der Waals surface area contributed by atoms with E-state index in [9.17, 15) is 13.2 Å². The molecule has 0 aliphatic rings. The molecule has 1 aromatic carbocycles. The number of halogens is 3. The summed E-state index contributed by atoms with van der Waals surface area (Å²) in [6, 6.07) is 9.21. The molecule has 5 heteroatoms. The van der Waals surface area contributed by atoms with Crippen LogP contribution in [0, 0.1) is 0 Å². The molecule has 2 rings (SSSR count). The Morgan fingerprint density at radius 2 is 1.71 bits per heavy atom. The summed E-state index contributed by atoms with van der Waals surface area (Å²) < 4.78 is 37.0. The van der Waals surface area contributed by atoms with Gasteiger partial charge in [0.25, 0.3) is 0 Å². The average Bonchev–Trinajstić information content (AvgIpc) is 2.29. The zero-order valence-corrected chi connectivity index (χ0v) is 8.70. The average molecular weight is 238 g/mol. The van der Waals surface area contributed by atoms with E-state index in [1.165, 1.54) is 6.07 Å². The van der Waals surface area contributed by atoms with Crippen molar-refractivity contribution in [3.63, 3.8) is 0 Å². The highest BCUT2D eigenvalue weighted by Gasteiger charge is 2.30. The number of anilines is 1. The molecule has 0 saturated carbocycles. The highest BCUT2D eigenvalue weighted by atomic mass is 19.4. The predicted octanol–water partition coefficient (Wildman–Crippen LogP) is 3.35. The Labute approximate surface area is 95.9 Å². The molecule has 0 amide bonds. The summed E-state index contributed by atoms with van der Waals surface area (Å²) in [5.74, 6) is 0. The maximum Gasteiger partial charge on any atom is 0.417 e. The lowest BCUT2D eigenvalue weighted by atomic mass is 10.1. The smallest absolute Gasteiger partial charge is 0.398 e. The Hall–Kier alpha value is -2.04. The van der Waals surface area contributed by atoms with Gasteiger partial charge in [-0.2, -0.15) is 13.2 Å². The van der Waals surface area contributed by atoms with Gasteiger partial charge in [-0.3, -0.25) is 4.98 Å². The number of nitrogens with zero attached hydrogens (tertiary/aromatic N) is 1. The number of para-hydroxylation sites is 1. The second-order valence-corrected chi connectivity index (χ2v) is 3.52.